The molecule has 0 heterocycles. The summed E-state index contributed by atoms with van der Waals surface area (Å²) >= 11 is 0. The summed E-state index contributed by atoms with van der Waals surface area (Å²) in [5.41, 5.74) is 0. The van der Waals surface area contributed by atoms with Crippen LogP contribution in [0.15, 0.2) is 0 Å². The second-order valence-corrected chi connectivity index (χ2v) is 7.32. The van der Waals surface area contributed by atoms with E-state index in [1.54, 1.807) is 0 Å². The van der Waals surface area contributed by atoms with Gasteiger partial charge < -0.3 is 4.74 Å². The smallest absolute Gasteiger partial charge is 0.385 e. The van der Waals surface area contributed by atoms with Crippen LogP contribution >= 0.6 is 0 Å². The Labute approximate surface area is 195 Å². The van der Waals surface area contributed by atoms with E-state index in [0.29, 0.717) is 7.11 Å². The molecular weight excluding hydrogens is 614 g/mol. The molecule has 0 saturated carbocycles. The quantitative estimate of drug-likeness (QED) is 0.141. The van der Waals surface area contributed by atoms with Gasteiger partial charge in [0.2, 0.25) is 0 Å². The summed E-state index contributed by atoms with van der Waals surface area (Å²) in [7, 11) is 0.665. The van der Waals surface area contributed by atoms with Crippen molar-refractivity contribution < 1.29 is 101 Å². The van der Waals surface area contributed by atoms with Crippen molar-refractivity contribution in [3.05, 3.63) is 0 Å². The number of methoxy groups -OCH3 is 1. The van der Waals surface area contributed by atoms with Crippen LogP contribution in [-0.2, 0) is 4.74 Å². The molecule has 0 N–H and O–H groups in total. The normalized spacial score (nSPS) is 16.4. The molecule has 0 atom stereocenters. The number of alkyl halides is 22. The second kappa shape index (κ2) is 9.81. The molecule has 1 nitrogen and oxygen atoms in total. The van der Waals surface area contributed by atoms with E-state index in [1.165, 1.54) is 0 Å². The fourth-order valence-electron chi connectivity index (χ4n) is 2.35. The molecule has 0 aliphatic carbocycles. The Bertz CT molecular complexity index is 814. The van der Waals surface area contributed by atoms with E-state index >= 15 is 0 Å². The molecule has 0 fully saturated rings. The lowest BCUT2D eigenvalue weighted by Crippen LogP contribution is -2.77. The van der Waals surface area contributed by atoms with Gasteiger partial charge in [-0.15, -0.1) is 0 Å². The molecule has 230 valence electrons. The zero-order chi connectivity index (χ0) is 31.4. The van der Waals surface area contributed by atoms with E-state index in [4.69, 9.17) is 0 Å². The molecule has 38 heavy (non-hydrogen) atoms. The molecule has 0 aromatic carbocycles. The molecule has 0 aliphatic heterocycles. The average Bonchev–Trinajstić information content (AvgIpc) is 2.72. The van der Waals surface area contributed by atoms with E-state index in [-0.39, 0.29) is 0 Å². The van der Waals surface area contributed by atoms with Crippen LogP contribution in [0.1, 0.15) is 12.8 Å². The van der Waals surface area contributed by atoms with Crippen molar-refractivity contribution in [3.63, 3.8) is 0 Å². The molecule has 0 saturated heterocycles. The molecule has 0 aromatic heterocycles. The van der Waals surface area contributed by atoms with Gasteiger partial charge in [-0.3, -0.25) is 0 Å². The highest BCUT2D eigenvalue weighted by Crippen LogP contribution is 2.66. The summed E-state index contributed by atoms with van der Waals surface area (Å²) in [6.07, 6.45) is -10.3. The maximum atomic E-state index is 13.6. The summed E-state index contributed by atoms with van der Waals surface area (Å²) in [6.45, 7) is -1.04. The van der Waals surface area contributed by atoms with Crippen molar-refractivity contribution in [2.24, 2.45) is 0 Å². The molecule has 0 amide bonds. The van der Waals surface area contributed by atoms with Gasteiger partial charge >= 0.3 is 65.7 Å². The minimum atomic E-state index is -9.24. The Hall–Kier alpha value is -1.58. The Morgan fingerprint density at radius 1 is 0.447 bits per heavy atom. The highest BCUT2D eigenvalue weighted by Gasteiger charge is 2.97. The van der Waals surface area contributed by atoms with Gasteiger partial charge in [-0.05, 0) is 6.42 Å². The standard InChI is InChI=1S/C15H10F22O/c1-38-4-2-3-6(18,19)8(22,23)10(26,27)12(30,31)14(34,35)15(36,37)13(32,33)11(28,29)9(24,25)7(20,21)5(16)17/h5H,2-4H2,1H3. The summed E-state index contributed by atoms with van der Waals surface area (Å²) in [4.78, 5) is 0. The Morgan fingerprint density at radius 2 is 0.711 bits per heavy atom. The average molecular weight is 624 g/mol. The predicted molar refractivity (Wildman–Crippen MR) is 76.6 cm³/mol. The molecule has 0 rings (SSSR count). The Balaban J connectivity index is 6.99. The lowest BCUT2D eigenvalue weighted by molar-refractivity contribution is -0.471. The van der Waals surface area contributed by atoms with E-state index < -0.39 is 85.1 Å². The van der Waals surface area contributed by atoms with Crippen molar-refractivity contribution in [1.82, 2.24) is 0 Å². The highest BCUT2D eigenvalue weighted by molar-refractivity contribution is 5.18. The van der Waals surface area contributed by atoms with Crippen molar-refractivity contribution in [3.8, 4) is 0 Å². The third kappa shape index (κ3) is 4.60. The SMILES string of the molecule is COCCCC(F)(F)C(F)(F)C(F)(F)C(F)(F)C(F)(F)C(F)(F)C(F)(F)C(F)(F)C(F)(F)C(F)(F)C(F)F. The minimum Gasteiger partial charge on any atom is -0.385 e. The van der Waals surface area contributed by atoms with Gasteiger partial charge in [0.15, 0.2) is 0 Å². The van der Waals surface area contributed by atoms with Crippen molar-refractivity contribution >= 4 is 0 Å². The number of halogens is 22. The first-order chi connectivity index (χ1) is 16.3. The van der Waals surface area contributed by atoms with Crippen LogP contribution in [0.3, 0.4) is 0 Å². The van der Waals surface area contributed by atoms with Gasteiger partial charge in [0.1, 0.15) is 0 Å². The largest absolute Gasteiger partial charge is 0.385 e. The molecule has 0 aromatic rings. The predicted octanol–water partition coefficient (Wildman–Crippen LogP) is 8.03. The lowest BCUT2D eigenvalue weighted by atomic mass is 9.85. The van der Waals surface area contributed by atoms with Gasteiger partial charge in [-0.25, -0.2) is 8.78 Å². The first-order valence-electron chi connectivity index (χ1n) is 8.81. The van der Waals surface area contributed by atoms with Gasteiger partial charge in [-0.2, -0.15) is 87.8 Å². The molecule has 0 bridgehead atoms. The summed E-state index contributed by atoms with van der Waals surface area (Å²) < 4.78 is 296. The zero-order valence-corrected chi connectivity index (χ0v) is 17.4. The van der Waals surface area contributed by atoms with Crippen LogP contribution in [0.5, 0.6) is 0 Å². The fraction of sp³-hybridized carbons (Fsp3) is 1.00. The van der Waals surface area contributed by atoms with Crippen LogP contribution in [-0.4, -0.2) is 79.4 Å². The van der Waals surface area contributed by atoms with E-state index in [1.807, 2.05) is 0 Å². The minimum absolute atomic E-state index is 0.665. The van der Waals surface area contributed by atoms with Crippen LogP contribution in [0.25, 0.3) is 0 Å². The van der Waals surface area contributed by atoms with Gasteiger partial charge in [0, 0.05) is 20.1 Å². The van der Waals surface area contributed by atoms with Gasteiger partial charge in [0.25, 0.3) is 0 Å². The summed E-state index contributed by atoms with van der Waals surface area (Å²) in [5.74, 6) is -85.0. The molecule has 0 spiro atoms. The fourth-order valence-corrected chi connectivity index (χ4v) is 2.35. The van der Waals surface area contributed by atoms with Crippen LogP contribution in [0.2, 0.25) is 0 Å². The topological polar surface area (TPSA) is 9.23 Å². The Kier molecular flexibility index (Phi) is 9.40. The van der Waals surface area contributed by atoms with Crippen LogP contribution in [0, 0.1) is 0 Å². The van der Waals surface area contributed by atoms with Crippen molar-refractivity contribution in [1.29, 1.82) is 0 Å². The van der Waals surface area contributed by atoms with Crippen molar-refractivity contribution in [2.75, 3.05) is 13.7 Å². The summed E-state index contributed by atoms with van der Waals surface area (Å²) in [5, 5.41) is 0. The lowest BCUT2D eigenvalue weighted by Gasteiger charge is -2.45. The number of ether oxygens (including phenoxy) is 1. The molecular formula is C15H10F22O. The highest BCUT2D eigenvalue weighted by atomic mass is 19.4. The van der Waals surface area contributed by atoms with Crippen LogP contribution < -0.4 is 0 Å². The molecule has 23 heteroatoms. The second-order valence-electron chi connectivity index (χ2n) is 7.32. The van der Waals surface area contributed by atoms with Crippen LogP contribution in [0.4, 0.5) is 96.6 Å². The molecule has 0 unspecified atom stereocenters. The zero-order valence-electron chi connectivity index (χ0n) is 17.4. The number of hydrogen-bond donors (Lipinski definition) is 0. The maximum absolute atomic E-state index is 13.6. The van der Waals surface area contributed by atoms with E-state index in [9.17, 15) is 96.6 Å². The van der Waals surface area contributed by atoms with Gasteiger partial charge in [0.05, 0.1) is 0 Å². The first kappa shape index (κ1) is 36.4. The van der Waals surface area contributed by atoms with Crippen molar-refractivity contribution in [2.45, 2.75) is 78.5 Å². The maximum Gasteiger partial charge on any atom is 0.385 e. The monoisotopic (exact) mass is 624 g/mol. The number of rotatable bonds is 14. The molecule has 0 radical (unpaired) electrons. The summed E-state index contributed by atoms with van der Waals surface area (Å²) in [6, 6.07) is 0. The third-order valence-electron chi connectivity index (χ3n) is 4.75. The number of hydrogen-bond acceptors (Lipinski definition) is 1. The first-order valence-corrected chi connectivity index (χ1v) is 8.81. The van der Waals surface area contributed by atoms with E-state index in [0.717, 1.165) is 0 Å². The Morgan fingerprint density at radius 3 is 0.974 bits per heavy atom. The third-order valence-corrected chi connectivity index (χ3v) is 4.75. The van der Waals surface area contributed by atoms with Gasteiger partial charge in [-0.1, -0.05) is 0 Å². The van der Waals surface area contributed by atoms with E-state index in [2.05, 4.69) is 4.74 Å². The molecule has 0 aliphatic rings.